The zero-order chi connectivity index (χ0) is 17.9. The molecule has 0 radical (unpaired) electrons. The molecule has 1 fully saturated rings. The first-order valence-electron chi connectivity index (χ1n) is 8.73. The van der Waals surface area contributed by atoms with E-state index >= 15 is 0 Å². The summed E-state index contributed by atoms with van der Waals surface area (Å²) >= 11 is 5.09. The molecule has 0 saturated heterocycles. The number of benzene rings is 2. The van der Waals surface area contributed by atoms with Crippen molar-refractivity contribution in [2.24, 2.45) is 0 Å². The van der Waals surface area contributed by atoms with Crippen molar-refractivity contribution in [1.29, 1.82) is 0 Å². The number of halogens is 1. The van der Waals surface area contributed by atoms with E-state index in [2.05, 4.69) is 39.1 Å². The highest BCUT2D eigenvalue weighted by atomic mass is 79.9. The van der Waals surface area contributed by atoms with E-state index in [0.717, 1.165) is 33.6 Å². The lowest BCUT2D eigenvalue weighted by Crippen LogP contribution is -2.33. The van der Waals surface area contributed by atoms with E-state index in [-0.39, 0.29) is 5.91 Å². The molecule has 3 nitrogen and oxygen atoms in total. The molecular formula is C21H19BrN2OS. The van der Waals surface area contributed by atoms with Gasteiger partial charge in [0.15, 0.2) is 0 Å². The molecular weight excluding hydrogens is 408 g/mol. The van der Waals surface area contributed by atoms with Crippen LogP contribution in [0.1, 0.15) is 24.1 Å². The van der Waals surface area contributed by atoms with Crippen LogP contribution < -0.4 is 0 Å². The lowest BCUT2D eigenvalue weighted by Gasteiger charge is -2.22. The van der Waals surface area contributed by atoms with Gasteiger partial charge in [0, 0.05) is 28.0 Å². The number of hydrogen-bond donors (Lipinski definition) is 0. The fraction of sp³-hybridized carbons (Fsp3) is 0.238. The molecule has 0 spiro atoms. The highest BCUT2D eigenvalue weighted by molar-refractivity contribution is 9.10. The monoisotopic (exact) mass is 426 g/mol. The molecule has 2 aromatic carbocycles. The van der Waals surface area contributed by atoms with Gasteiger partial charge in [-0.05, 0) is 30.5 Å². The van der Waals surface area contributed by atoms with Gasteiger partial charge < -0.3 is 4.90 Å². The Balaban J connectivity index is 1.46. The van der Waals surface area contributed by atoms with Gasteiger partial charge in [0.1, 0.15) is 5.01 Å². The highest BCUT2D eigenvalue weighted by Crippen LogP contribution is 2.30. The van der Waals surface area contributed by atoms with Gasteiger partial charge in [-0.15, -0.1) is 11.3 Å². The molecule has 0 bridgehead atoms. The summed E-state index contributed by atoms with van der Waals surface area (Å²) in [6.07, 6.45) is 2.59. The summed E-state index contributed by atoms with van der Waals surface area (Å²) in [6.45, 7) is 0.687. The van der Waals surface area contributed by atoms with Crippen LogP contribution in [0.2, 0.25) is 0 Å². The molecule has 1 saturated carbocycles. The Labute approximate surface area is 165 Å². The van der Waals surface area contributed by atoms with Crippen LogP contribution in [-0.4, -0.2) is 21.8 Å². The number of hydrogen-bond acceptors (Lipinski definition) is 3. The maximum absolute atomic E-state index is 12.9. The number of carbonyl (C=O) groups is 1. The zero-order valence-corrected chi connectivity index (χ0v) is 16.7. The van der Waals surface area contributed by atoms with Crippen molar-refractivity contribution >= 4 is 33.2 Å². The molecule has 0 unspecified atom stereocenters. The molecule has 5 heteroatoms. The second-order valence-corrected chi connectivity index (χ2v) is 8.34. The number of thiazole rings is 1. The van der Waals surface area contributed by atoms with E-state index in [4.69, 9.17) is 0 Å². The summed E-state index contributed by atoms with van der Waals surface area (Å²) in [5.41, 5.74) is 3.11. The molecule has 0 N–H and O–H groups in total. The molecule has 1 aliphatic rings. The van der Waals surface area contributed by atoms with Gasteiger partial charge in [-0.1, -0.05) is 58.4 Å². The fourth-order valence-electron chi connectivity index (χ4n) is 2.99. The Hall–Kier alpha value is -1.98. The second kappa shape index (κ2) is 7.72. The Kier molecular flexibility index (Phi) is 5.18. The molecule has 0 aliphatic heterocycles. The third-order valence-corrected chi connectivity index (χ3v) is 5.89. The van der Waals surface area contributed by atoms with Gasteiger partial charge in [0.25, 0.3) is 0 Å². The van der Waals surface area contributed by atoms with Crippen molar-refractivity contribution in [3.05, 3.63) is 75.7 Å². The van der Waals surface area contributed by atoms with Crippen molar-refractivity contribution in [1.82, 2.24) is 9.88 Å². The van der Waals surface area contributed by atoms with E-state index in [1.54, 1.807) is 11.3 Å². The maximum atomic E-state index is 12.9. The molecule has 1 aromatic heterocycles. The molecule has 26 heavy (non-hydrogen) atoms. The van der Waals surface area contributed by atoms with Crippen molar-refractivity contribution in [3.63, 3.8) is 0 Å². The van der Waals surface area contributed by atoms with Gasteiger partial charge in [0.05, 0.1) is 12.1 Å². The first-order valence-corrected chi connectivity index (χ1v) is 10.4. The quantitative estimate of drug-likeness (QED) is 0.535. The third kappa shape index (κ3) is 4.22. The minimum Gasteiger partial charge on any atom is -0.335 e. The fourth-order valence-corrected chi connectivity index (χ4v) is 4.20. The third-order valence-electron chi connectivity index (χ3n) is 4.46. The molecule has 3 aromatic rings. The standard InChI is InChI=1S/C21H19BrN2OS/c22-17-8-4-7-16(11-17)21-23-18(14-26-21)12-20(25)24(19-9-10-19)13-15-5-2-1-3-6-15/h1-8,11,14,19H,9-10,12-13H2. The van der Waals surface area contributed by atoms with E-state index < -0.39 is 0 Å². The van der Waals surface area contributed by atoms with Gasteiger partial charge in [0.2, 0.25) is 5.91 Å². The van der Waals surface area contributed by atoms with Crippen LogP contribution in [-0.2, 0) is 17.8 Å². The van der Waals surface area contributed by atoms with Crippen LogP contribution in [0.3, 0.4) is 0 Å². The van der Waals surface area contributed by atoms with E-state index in [9.17, 15) is 4.79 Å². The average Bonchev–Trinajstić information content (AvgIpc) is 3.39. The Morgan fingerprint density at radius 2 is 1.96 bits per heavy atom. The summed E-state index contributed by atoms with van der Waals surface area (Å²) < 4.78 is 1.03. The van der Waals surface area contributed by atoms with E-state index in [0.29, 0.717) is 19.0 Å². The normalized spacial score (nSPS) is 13.6. The van der Waals surface area contributed by atoms with Crippen LogP contribution in [0.4, 0.5) is 0 Å². The molecule has 1 heterocycles. The van der Waals surface area contributed by atoms with E-state index in [1.807, 2.05) is 46.7 Å². The second-order valence-electron chi connectivity index (χ2n) is 6.57. The van der Waals surface area contributed by atoms with E-state index in [1.165, 1.54) is 5.56 Å². The molecule has 132 valence electrons. The minimum atomic E-state index is 0.169. The van der Waals surface area contributed by atoms with Crippen molar-refractivity contribution in [2.45, 2.75) is 31.8 Å². The molecule has 1 amide bonds. The Morgan fingerprint density at radius 3 is 2.69 bits per heavy atom. The largest absolute Gasteiger partial charge is 0.335 e. The summed E-state index contributed by atoms with van der Waals surface area (Å²) in [5, 5.41) is 2.96. The van der Waals surface area contributed by atoms with Crippen LogP contribution in [0.15, 0.2) is 64.5 Å². The first-order chi connectivity index (χ1) is 12.7. The number of amides is 1. The Morgan fingerprint density at radius 1 is 1.15 bits per heavy atom. The SMILES string of the molecule is O=C(Cc1csc(-c2cccc(Br)c2)n1)N(Cc1ccccc1)C1CC1. The van der Waals surface area contributed by atoms with Crippen molar-refractivity contribution < 1.29 is 4.79 Å². The van der Waals surface area contributed by atoms with Crippen molar-refractivity contribution in [2.75, 3.05) is 0 Å². The van der Waals surface area contributed by atoms with Gasteiger partial charge in [-0.25, -0.2) is 4.98 Å². The molecule has 1 aliphatic carbocycles. The summed E-state index contributed by atoms with van der Waals surface area (Å²) in [7, 11) is 0. The predicted octanol–water partition coefficient (Wildman–Crippen LogP) is 5.31. The summed E-state index contributed by atoms with van der Waals surface area (Å²) in [4.78, 5) is 19.6. The lowest BCUT2D eigenvalue weighted by molar-refractivity contribution is -0.131. The maximum Gasteiger partial charge on any atom is 0.229 e. The van der Waals surface area contributed by atoms with Crippen LogP contribution >= 0.6 is 27.3 Å². The average molecular weight is 427 g/mol. The first kappa shape index (κ1) is 17.4. The topological polar surface area (TPSA) is 33.2 Å². The predicted molar refractivity (Wildman–Crippen MR) is 109 cm³/mol. The van der Waals surface area contributed by atoms with Gasteiger partial charge in [-0.2, -0.15) is 0 Å². The minimum absolute atomic E-state index is 0.169. The number of aromatic nitrogens is 1. The molecule has 0 atom stereocenters. The molecule has 4 rings (SSSR count). The number of nitrogens with zero attached hydrogens (tertiary/aromatic N) is 2. The number of carbonyl (C=O) groups excluding carboxylic acids is 1. The summed E-state index contributed by atoms with van der Waals surface area (Å²) in [5.74, 6) is 0.169. The van der Waals surface area contributed by atoms with Crippen LogP contribution in [0.25, 0.3) is 10.6 Å². The van der Waals surface area contributed by atoms with Crippen molar-refractivity contribution in [3.8, 4) is 10.6 Å². The van der Waals surface area contributed by atoms with Gasteiger partial charge >= 0.3 is 0 Å². The van der Waals surface area contributed by atoms with Gasteiger partial charge in [-0.3, -0.25) is 4.79 Å². The summed E-state index contributed by atoms with van der Waals surface area (Å²) in [6, 6.07) is 18.7. The highest BCUT2D eigenvalue weighted by Gasteiger charge is 2.32. The Bertz CT molecular complexity index is 905. The number of rotatable bonds is 6. The zero-order valence-electron chi connectivity index (χ0n) is 14.3. The van der Waals surface area contributed by atoms with Crippen LogP contribution in [0.5, 0.6) is 0 Å². The smallest absolute Gasteiger partial charge is 0.229 e. The van der Waals surface area contributed by atoms with Crippen LogP contribution in [0, 0.1) is 0 Å². The lowest BCUT2D eigenvalue weighted by atomic mass is 10.2.